The number of phenolic OH excluding ortho intramolecular Hbond substituents is 2. The van der Waals surface area contributed by atoms with Gasteiger partial charge in [-0.2, -0.15) is 16.8 Å². The molecule has 15 heteroatoms. The molecule has 0 fully saturated rings. The fraction of sp³-hybridized carbons (Fsp3) is 0. The third-order valence-electron chi connectivity index (χ3n) is 8.51. The molecule has 0 aromatic heterocycles. The molecule has 0 saturated heterocycles. The van der Waals surface area contributed by atoms with Crippen molar-refractivity contribution in [3.05, 3.63) is 146 Å². The Balaban J connectivity index is 0.000000184. The maximum atomic E-state index is 12.0. The number of phenols is 2. The average Bonchev–Trinajstić information content (AvgIpc) is 3.16. The molecule has 8 aromatic carbocycles. The summed E-state index contributed by atoms with van der Waals surface area (Å²) in [5.74, 6) is -0.154. The second-order valence-corrected chi connectivity index (χ2v) is 14.6. The maximum absolute atomic E-state index is 12.0. The topological polar surface area (TPSA) is 199 Å². The van der Waals surface area contributed by atoms with Crippen LogP contribution < -0.4 is 0 Å². The van der Waals surface area contributed by atoms with Gasteiger partial charge in [0.25, 0.3) is 20.2 Å². The molecule has 0 aliphatic rings. The van der Waals surface area contributed by atoms with Gasteiger partial charge in [-0.1, -0.05) is 121 Å². The Bertz CT molecular complexity index is 2840. The predicted octanol–water partition coefficient (Wildman–Crippen LogP) is 10.3. The van der Waals surface area contributed by atoms with E-state index in [1.54, 1.807) is 97.1 Å². The maximum Gasteiger partial charge on any atom is 2.00 e. The second-order valence-electron chi connectivity index (χ2n) is 11.9. The first kappa shape index (κ1) is 39.4. The third-order valence-corrected chi connectivity index (χ3v) is 10.4. The van der Waals surface area contributed by atoms with Crippen molar-refractivity contribution in [3.8, 4) is 11.5 Å². The number of nitrogens with zero attached hydrogens (tertiary/aromatic N) is 4. The molecule has 268 valence electrons. The van der Waals surface area contributed by atoms with Gasteiger partial charge in [-0.3, -0.25) is 9.11 Å². The van der Waals surface area contributed by atoms with Gasteiger partial charge in [-0.05, 0) is 45.8 Å². The number of azo groups is 2. The first-order chi connectivity index (χ1) is 25.9. The molecule has 12 nitrogen and oxygen atoms in total. The SMILES string of the molecule is O=S(=O)(O)c1c(N=Nc2c(O)ccc3ccccc23)ccc2ccccc12.O=S(=O)(O)c1c(N=Nc2c(O)ccc3ccccc23)ccc2ccccc12.[Ca+2]. The normalized spacial score (nSPS) is 12.0. The molecule has 0 radical (unpaired) electrons. The van der Waals surface area contributed by atoms with Crippen molar-refractivity contribution >= 4 is 124 Å². The smallest absolute Gasteiger partial charge is 0.506 e. The average molecular weight is 797 g/mol. The summed E-state index contributed by atoms with van der Waals surface area (Å²) in [6.07, 6.45) is 0. The second kappa shape index (κ2) is 16.2. The van der Waals surface area contributed by atoms with E-state index in [4.69, 9.17) is 0 Å². The van der Waals surface area contributed by atoms with Crippen molar-refractivity contribution in [3.63, 3.8) is 0 Å². The number of benzene rings is 8. The van der Waals surface area contributed by atoms with Gasteiger partial charge >= 0.3 is 37.7 Å². The molecule has 8 aromatic rings. The fourth-order valence-electron chi connectivity index (χ4n) is 6.07. The summed E-state index contributed by atoms with van der Waals surface area (Å²) in [6.45, 7) is 0. The largest absolute Gasteiger partial charge is 2.00 e. The Morgan fingerprint density at radius 1 is 0.364 bits per heavy atom. The predicted molar refractivity (Wildman–Crippen MR) is 213 cm³/mol. The van der Waals surface area contributed by atoms with Crippen LogP contribution in [0.4, 0.5) is 22.7 Å². The van der Waals surface area contributed by atoms with Crippen LogP contribution in [0.1, 0.15) is 0 Å². The van der Waals surface area contributed by atoms with Crippen LogP contribution in [0.15, 0.2) is 176 Å². The van der Waals surface area contributed by atoms with Gasteiger partial charge in [-0.15, -0.1) is 20.5 Å². The van der Waals surface area contributed by atoms with Gasteiger partial charge in [-0.25, -0.2) is 0 Å². The van der Waals surface area contributed by atoms with E-state index in [-0.39, 0.29) is 81.8 Å². The molecule has 8 rings (SSSR count). The molecule has 0 bridgehead atoms. The van der Waals surface area contributed by atoms with Crippen molar-refractivity contribution < 1.29 is 36.2 Å². The van der Waals surface area contributed by atoms with Crippen LogP contribution >= 0.6 is 0 Å². The van der Waals surface area contributed by atoms with E-state index in [1.165, 1.54) is 24.3 Å². The van der Waals surface area contributed by atoms with Crippen LogP contribution in [-0.2, 0) is 20.2 Å². The molecule has 0 heterocycles. The summed E-state index contributed by atoms with van der Waals surface area (Å²) in [5.41, 5.74) is 0.428. The number of rotatable bonds is 6. The van der Waals surface area contributed by atoms with Crippen molar-refractivity contribution in [1.29, 1.82) is 0 Å². The van der Waals surface area contributed by atoms with Crippen LogP contribution in [0, 0.1) is 0 Å². The molecule has 0 amide bonds. The van der Waals surface area contributed by atoms with E-state index in [0.29, 0.717) is 32.3 Å². The van der Waals surface area contributed by atoms with Crippen molar-refractivity contribution in [2.75, 3.05) is 0 Å². The van der Waals surface area contributed by atoms with Crippen LogP contribution in [0.5, 0.6) is 11.5 Å². The van der Waals surface area contributed by atoms with Crippen LogP contribution in [0.2, 0.25) is 0 Å². The molecule has 0 aliphatic carbocycles. The van der Waals surface area contributed by atoms with Gasteiger partial charge < -0.3 is 10.2 Å². The van der Waals surface area contributed by atoms with E-state index in [0.717, 1.165) is 10.8 Å². The van der Waals surface area contributed by atoms with Gasteiger partial charge in [0.2, 0.25) is 0 Å². The van der Waals surface area contributed by atoms with Crippen molar-refractivity contribution in [1.82, 2.24) is 0 Å². The summed E-state index contributed by atoms with van der Waals surface area (Å²) in [6, 6.07) is 41.0. The zero-order valence-corrected chi connectivity index (χ0v) is 32.4. The molecule has 4 N–H and O–H groups in total. The summed E-state index contributed by atoms with van der Waals surface area (Å²) >= 11 is 0. The van der Waals surface area contributed by atoms with Gasteiger partial charge in [0.1, 0.15) is 44.0 Å². The van der Waals surface area contributed by atoms with Gasteiger partial charge in [0.05, 0.1) is 0 Å². The van der Waals surface area contributed by atoms with Gasteiger partial charge in [0, 0.05) is 21.5 Å². The quantitative estimate of drug-likeness (QED) is 0.0723. The molecule has 55 heavy (non-hydrogen) atoms. The Kier molecular flexibility index (Phi) is 11.6. The molecule has 0 saturated carbocycles. The number of hydrogen-bond acceptors (Lipinski definition) is 10. The van der Waals surface area contributed by atoms with E-state index in [9.17, 15) is 36.2 Å². The molecular weight excluding hydrogens is 769 g/mol. The summed E-state index contributed by atoms with van der Waals surface area (Å²) in [5, 5.41) is 41.6. The third kappa shape index (κ3) is 8.35. The molecule has 0 atom stereocenters. The molecule has 0 spiro atoms. The Morgan fingerprint density at radius 3 is 1.00 bits per heavy atom. The first-order valence-electron chi connectivity index (χ1n) is 16.1. The first-order valence-corrected chi connectivity index (χ1v) is 19.0. The Morgan fingerprint density at radius 2 is 0.655 bits per heavy atom. The fourth-order valence-corrected chi connectivity index (χ4v) is 7.74. The summed E-state index contributed by atoms with van der Waals surface area (Å²) in [4.78, 5) is -0.631. The van der Waals surface area contributed by atoms with E-state index >= 15 is 0 Å². The zero-order chi connectivity index (χ0) is 38.0. The summed E-state index contributed by atoms with van der Waals surface area (Å²) < 4.78 is 67.3. The van der Waals surface area contributed by atoms with Crippen molar-refractivity contribution in [2.45, 2.75) is 9.79 Å². The Labute approximate surface area is 344 Å². The van der Waals surface area contributed by atoms with Crippen LogP contribution in [0.25, 0.3) is 43.1 Å². The minimum atomic E-state index is -4.53. The standard InChI is InChI=1S/2C20H14N2O4S.Ca/c2*23-18-12-10-13-5-1-3-7-15(13)19(18)22-21-17-11-9-14-6-2-4-8-16(14)20(17)27(24,25)26;/h2*1-12,23H,(H,24,25,26);/q;;+2. The number of hydrogen-bond donors (Lipinski definition) is 4. The van der Waals surface area contributed by atoms with Crippen molar-refractivity contribution in [2.24, 2.45) is 20.5 Å². The monoisotopic (exact) mass is 796 g/mol. The van der Waals surface area contributed by atoms with E-state index in [2.05, 4.69) is 20.5 Å². The number of aromatic hydroxyl groups is 2. The van der Waals surface area contributed by atoms with Gasteiger partial charge in [0.15, 0.2) is 0 Å². The minimum absolute atomic E-state index is 0. The van der Waals surface area contributed by atoms with Crippen LogP contribution in [-0.4, -0.2) is 73.9 Å². The number of fused-ring (bicyclic) bond motifs is 4. The molecule has 0 aliphatic heterocycles. The summed E-state index contributed by atoms with van der Waals surface area (Å²) in [7, 11) is -9.07. The molecular formula is C40H28CaN4O8S2+2. The van der Waals surface area contributed by atoms with E-state index < -0.39 is 20.2 Å². The van der Waals surface area contributed by atoms with Crippen LogP contribution in [0.3, 0.4) is 0 Å². The Hall–Kier alpha value is -5.32. The zero-order valence-electron chi connectivity index (χ0n) is 28.6. The van der Waals surface area contributed by atoms with E-state index in [1.807, 2.05) is 24.3 Å². The molecule has 0 unspecified atom stereocenters. The minimum Gasteiger partial charge on any atom is -0.506 e.